The van der Waals surface area contributed by atoms with Gasteiger partial charge in [-0.3, -0.25) is 0 Å². The molecule has 5 heteroatoms. The lowest BCUT2D eigenvalue weighted by Crippen LogP contribution is -2.50. The molecule has 1 aromatic rings. The molecular formula is C14H23N3OS. The zero-order valence-corrected chi connectivity index (χ0v) is 12.8. The predicted octanol–water partition coefficient (Wildman–Crippen LogP) is 2.57. The van der Waals surface area contributed by atoms with Gasteiger partial charge in [-0.25, -0.2) is 4.99 Å². The van der Waals surface area contributed by atoms with Gasteiger partial charge in [0.15, 0.2) is 5.96 Å². The van der Waals surface area contributed by atoms with E-state index in [1.807, 2.05) is 17.8 Å². The molecule has 1 aliphatic heterocycles. The Morgan fingerprint density at radius 1 is 1.58 bits per heavy atom. The van der Waals surface area contributed by atoms with E-state index < -0.39 is 0 Å². The molecule has 0 atom stereocenters. The molecule has 1 saturated heterocycles. The Labute approximate surface area is 119 Å². The van der Waals surface area contributed by atoms with Crippen LogP contribution in [0.1, 0.15) is 26.3 Å². The standard InChI is InChI=1S/C14H23N3OS/c1-4-15-13(16-9-12-5-7-18-10-12)17-6-8-19-14(2,3)11-17/h5,7,10H,4,6,8-9,11H2,1-3H3,(H,15,16). The van der Waals surface area contributed by atoms with Gasteiger partial charge in [-0.1, -0.05) is 0 Å². The quantitative estimate of drug-likeness (QED) is 0.683. The summed E-state index contributed by atoms with van der Waals surface area (Å²) in [5.74, 6) is 2.17. The van der Waals surface area contributed by atoms with Crippen LogP contribution in [0.4, 0.5) is 0 Å². The number of furan rings is 1. The fraction of sp³-hybridized carbons (Fsp3) is 0.643. The van der Waals surface area contributed by atoms with Crippen molar-refractivity contribution in [2.75, 3.05) is 25.4 Å². The van der Waals surface area contributed by atoms with E-state index in [9.17, 15) is 0 Å². The topological polar surface area (TPSA) is 40.8 Å². The average molecular weight is 281 g/mol. The van der Waals surface area contributed by atoms with Crippen LogP contribution in [-0.2, 0) is 6.54 Å². The summed E-state index contributed by atoms with van der Waals surface area (Å²) < 4.78 is 5.37. The zero-order chi connectivity index (χ0) is 13.7. The summed E-state index contributed by atoms with van der Waals surface area (Å²) in [7, 11) is 0. The molecule has 0 bridgehead atoms. The van der Waals surface area contributed by atoms with E-state index in [0.717, 1.165) is 36.9 Å². The highest BCUT2D eigenvalue weighted by atomic mass is 32.2. The molecule has 1 fully saturated rings. The molecule has 0 spiro atoms. The third-order valence-electron chi connectivity index (χ3n) is 3.05. The van der Waals surface area contributed by atoms with Gasteiger partial charge in [-0.2, -0.15) is 11.8 Å². The number of aliphatic imine (C=N–C) groups is 1. The second-order valence-electron chi connectivity index (χ2n) is 5.33. The zero-order valence-electron chi connectivity index (χ0n) is 12.0. The maximum absolute atomic E-state index is 5.08. The van der Waals surface area contributed by atoms with Crippen LogP contribution in [0.2, 0.25) is 0 Å². The normalized spacial score (nSPS) is 19.5. The molecule has 0 unspecified atom stereocenters. The predicted molar refractivity (Wildman–Crippen MR) is 81.6 cm³/mol. The van der Waals surface area contributed by atoms with Gasteiger partial charge >= 0.3 is 0 Å². The Morgan fingerprint density at radius 2 is 2.42 bits per heavy atom. The number of hydrogen-bond acceptors (Lipinski definition) is 3. The molecule has 2 rings (SSSR count). The van der Waals surface area contributed by atoms with Gasteiger partial charge in [-0.15, -0.1) is 0 Å². The van der Waals surface area contributed by atoms with Crippen molar-refractivity contribution in [1.29, 1.82) is 0 Å². The molecule has 2 heterocycles. The maximum atomic E-state index is 5.08. The molecule has 106 valence electrons. The second kappa shape index (κ2) is 6.37. The summed E-state index contributed by atoms with van der Waals surface area (Å²) in [5, 5.41) is 3.39. The van der Waals surface area contributed by atoms with Gasteiger partial charge in [0.2, 0.25) is 0 Å². The Bertz CT molecular complexity index is 414. The second-order valence-corrected chi connectivity index (χ2v) is 7.13. The first kappa shape index (κ1) is 14.3. The largest absolute Gasteiger partial charge is 0.472 e. The van der Waals surface area contributed by atoms with Crippen LogP contribution in [0.15, 0.2) is 28.0 Å². The highest BCUT2D eigenvalue weighted by Crippen LogP contribution is 2.29. The van der Waals surface area contributed by atoms with Crippen molar-refractivity contribution >= 4 is 17.7 Å². The van der Waals surface area contributed by atoms with Crippen molar-refractivity contribution in [2.24, 2.45) is 4.99 Å². The number of nitrogens with one attached hydrogen (secondary N) is 1. The lowest BCUT2D eigenvalue weighted by molar-refractivity contribution is 0.376. The minimum absolute atomic E-state index is 0.296. The van der Waals surface area contributed by atoms with Gasteiger partial charge in [0.05, 0.1) is 19.1 Å². The summed E-state index contributed by atoms with van der Waals surface area (Å²) in [4.78, 5) is 7.07. The van der Waals surface area contributed by atoms with E-state index >= 15 is 0 Å². The number of guanidine groups is 1. The molecule has 19 heavy (non-hydrogen) atoms. The highest BCUT2D eigenvalue weighted by Gasteiger charge is 2.28. The van der Waals surface area contributed by atoms with Crippen molar-refractivity contribution in [2.45, 2.75) is 32.1 Å². The summed E-state index contributed by atoms with van der Waals surface area (Å²) in [6.45, 7) is 10.4. The summed E-state index contributed by atoms with van der Waals surface area (Å²) >= 11 is 2.04. The summed E-state index contributed by atoms with van der Waals surface area (Å²) in [6, 6.07) is 1.96. The Morgan fingerprint density at radius 3 is 3.05 bits per heavy atom. The first-order valence-electron chi connectivity index (χ1n) is 6.79. The van der Waals surface area contributed by atoms with Crippen LogP contribution in [0, 0.1) is 0 Å². The van der Waals surface area contributed by atoms with Crippen molar-refractivity contribution in [3.63, 3.8) is 0 Å². The maximum Gasteiger partial charge on any atom is 0.194 e. The number of thioether (sulfide) groups is 1. The van der Waals surface area contributed by atoms with Crippen molar-refractivity contribution in [3.05, 3.63) is 24.2 Å². The van der Waals surface area contributed by atoms with Gasteiger partial charge in [0.25, 0.3) is 0 Å². The third-order valence-corrected chi connectivity index (χ3v) is 4.35. The lowest BCUT2D eigenvalue weighted by atomic mass is 10.2. The minimum Gasteiger partial charge on any atom is -0.472 e. The lowest BCUT2D eigenvalue weighted by Gasteiger charge is -2.39. The number of hydrogen-bond donors (Lipinski definition) is 1. The molecule has 1 aromatic heterocycles. The van der Waals surface area contributed by atoms with Crippen molar-refractivity contribution in [1.82, 2.24) is 10.2 Å². The van der Waals surface area contributed by atoms with Crippen LogP contribution in [0.25, 0.3) is 0 Å². The first-order valence-corrected chi connectivity index (χ1v) is 7.77. The third kappa shape index (κ3) is 4.20. The van der Waals surface area contributed by atoms with Crippen LogP contribution in [0.5, 0.6) is 0 Å². The smallest absolute Gasteiger partial charge is 0.194 e. The summed E-state index contributed by atoms with van der Waals surface area (Å²) in [6.07, 6.45) is 3.45. The van der Waals surface area contributed by atoms with E-state index in [0.29, 0.717) is 11.3 Å². The fourth-order valence-corrected chi connectivity index (χ4v) is 3.28. The van der Waals surface area contributed by atoms with Crippen LogP contribution < -0.4 is 5.32 Å². The number of rotatable bonds is 3. The number of nitrogens with zero attached hydrogens (tertiary/aromatic N) is 2. The molecular weight excluding hydrogens is 258 g/mol. The Kier molecular flexibility index (Phi) is 4.80. The van der Waals surface area contributed by atoms with E-state index in [1.165, 1.54) is 0 Å². The molecule has 0 radical (unpaired) electrons. The van der Waals surface area contributed by atoms with Gasteiger partial charge < -0.3 is 14.6 Å². The SMILES string of the molecule is CCNC(=NCc1ccoc1)N1CCSC(C)(C)C1. The van der Waals surface area contributed by atoms with Gasteiger partial charge in [0, 0.05) is 35.7 Å². The highest BCUT2D eigenvalue weighted by molar-refractivity contribution is 8.00. The van der Waals surface area contributed by atoms with Gasteiger partial charge in [-0.05, 0) is 26.8 Å². The monoisotopic (exact) mass is 281 g/mol. The molecule has 0 saturated carbocycles. The molecule has 0 amide bonds. The van der Waals surface area contributed by atoms with Crippen LogP contribution >= 0.6 is 11.8 Å². The van der Waals surface area contributed by atoms with Crippen molar-refractivity contribution in [3.8, 4) is 0 Å². The Hall–Kier alpha value is -1.10. The Balaban J connectivity index is 2.04. The molecule has 0 aromatic carbocycles. The van der Waals surface area contributed by atoms with E-state index in [4.69, 9.17) is 9.41 Å². The molecule has 1 N–H and O–H groups in total. The average Bonchev–Trinajstić information content (AvgIpc) is 2.86. The molecule has 4 nitrogen and oxygen atoms in total. The minimum atomic E-state index is 0.296. The fourth-order valence-electron chi connectivity index (χ4n) is 2.17. The van der Waals surface area contributed by atoms with E-state index in [1.54, 1.807) is 12.5 Å². The molecule has 0 aliphatic carbocycles. The van der Waals surface area contributed by atoms with Gasteiger partial charge in [0.1, 0.15) is 0 Å². The van der Waals surface area contributed by atoms with E-state index in [-0.39, 0.29) is 0 Å². The van der Waals surface area contributed by atoms with Crippen LogP contribution in [-0.4, -0.2) is 41.0 Å². The molecule has 1 aliphatic rings. The van der Waals surface area contributed by atoms with E-state index in [2.05, 4.69) is 31.0 Å². The summed E-state index contributed by atoms with van der Waals surface area (Å²) in [5.41, 5.74) is 1.11. The van der Waals surface area contributed by atoms with Crippen LogP contribution in [0.3, 0.4) is 0 Å². The first-order chi connectivity index (χ1) is 9.11. The van der Waals surface area contributed by atoms with Crippen molar-refractivity contribution < 1.29 is 4.42 Å².